The molecule has 0 radical (unpaired) electrons. The Labute approximate surface area is 79.0 Å². The highest BCUT2D eigenvalue weighted by molar-refractivity contribution is 5.57. The van der Waals surface area contributed by atoms with Gasteiger partial charge in [0.25, 0.3) is 0 Å². The maximum atomic E-state index is 4.16. The van der Waals surface area contributed by atoms with Crippen LogP contribution in [0.25, 0.3) is 0 Å². The summed E-state index contributed by atoms with van der Waals surface area (Å²) in [5, 5.41) is 3.19. The molecule has 0 atom stereocenters. The molecule has 2 heteroatoms. The number of rotatable bonds is 3. The molecule has 0 unspecified atom stereocenters. The Kier molecular flexibility index (Phi) is 3.76. The molecule has 0 spiro atoms. The monoisotopic (exact) mass is 174 g/mol. The van der Waals surface area contributed by atoms with Gasteiger partial charge in [0, 0.05) is 11.9 Å². The van der Waals surface area contributed by atoms with Gasteiger partial charge >= 0.3 is 0 Å². The second-order valence-corrected chi connectivity index (χ2v) is 2.55. The number of aliphatic imine (C=N–C) groups is 1. The highest BCUT2D eigenvalue weighted by Crippen LogP contribution is 2.08. The van der Waals surface area contributed by atoms with Crippen molar-refractivity contribution in [3.63, 3.8) is 0 Å². The van der Waals surface area contributed by atoms with Crippen LogP contribution in [0, 0.1) is 0 Å². The number of para-hydroxylation sites is 1. The largest absolute Gasteiger partial charge is 0.341 e. The highest BCUT2D eigenvalue weighted by Gasteiger charge is 1.91. The van der Waals surface area contributed by atoms with Crippen LogP contribution in [0.2, 0.25) is 0 Å². The number of hydrogen-bond acceptors (Lipinski definition) is 2. The van der Waals surface area contributed by atoms with Gasteiger partial charge in [-0.1, -0.05) is 18.2 Å². The standard InChI is InChI=1S/C11H14N2/c1-3-11(12-4-2)13-10-8-6-5-7-9-10/h3-9,13H,1-2H3/b11-3+,12-4?. The van der Waals surface area contributed by atoms with E-state index in [9.17, 15) is 0 Å². The summed E-state index contributed by atoms with van der Waals surface area (Å²) in [6.07, 6.45) is 3.71. The zero-order chi connectivity index (χ0) is 9.52. The smallest absolute Gasteiger partial charge is 0.125 e. The molecule has 1 rings (SSSR count). The number of benzene rings is 1. The van der Waals surface area contributed by atoms with E-state index in [4.69, 9.17) is 0 Å². The van der Waals surface area contributed by atoms with E-state index in [1.54, 1.807) is 6.21 Å². The zero-order valence-electron chi connectivity index (χ0n) is 7.99. The Balaban J connectivity index is 2.68. The molecule has 0 heterocycles. The Morgan fingerprint density at radius 2 is 1.92 bits per heavy atom. The molecule has 0 aliphatic heterocycles. The molecule has 1 aromatic carbocycles. The Morgan fingerprint density at radius 1 is 1.23 bits per heavy atom. The van der Waals surface area contributed by atoms with Crippen molar-refractivity contribution in [2.45, 2.75) is 13.8 Å². The first-order valence-corrected chi connectivity index (χ1v) is 4.34. The van der Waals surface area contributed by atoms with Crippen LogP contribution in [-0.4, -0.2) is 6.21 Å². The maximum absolute atomic E-state index is 4.16. The highest BCUT2D eigenvalue weighted by atomic mass is 15.0. The summed E-state index contributed by atoms with van der Waals surface area (Å²) in [7, 11) is 0. The van der Waals surface area contributed by atoms with Gasteiger partial charge in [-0.05, 0) is 32.1 Å². The van der Waals surface area contributed by atoms with E-state index in [0.29, 0.717) is 0 Å². The van der Waals surface area contributed by atoms with Crippen LogP contribution in [0.5, 0.6) is 0 Å². The third-order valence-electron chi connectivity index (χ3n) is 1.59. The normalized spacial score (nSPS) is 12.0. The molecular formula is C11H14N2. The quantitative estimate of drug-likeness (QED) is 0.700. The van der Waals surface area contributed by atoms with Crippen LogP contribution in [0.4, 0.5) is 5.69 Å². The SMILES string of the molecule is CC=N/C(=C\C)Nc1ccccc1. The van der Waals surface area contributed by atoms with E-state index < -0.39 is 0 Å². The fraction of sp³-hybridized carbons (Fsp3) is 0.182. The van der Waals surface area contributed by atoms with Crippen molar-refractivity contribution in [1.82, 2.24) is 0 Å². The van der Waals surface area contributed by atoms with Crippen molar-refractivity contribution < 1.29 is 0 Å². The topological polar surface area (TPSA) is 24.4 Å². The number of hydrogen-bond donors (Lipinski definition) is 1. The van der Waals surface area contributed by atoms with Gasteiger partial charge in [-0.25, -0.2) is 4.99 Å². The Bertz CT molecular complexity index is 299. The van der Waals surface area contributed by atoms with Crippen molar-refractivity contribution in [3.8, 4) is 0 Å². The van der Waals surface area contributed by atoms with Crippen LogP contribution in [0.1, 0.15) is 13.8 Å². The molecule has 0 amide bonds. The van der Waals surface area contributed by atoms with Gasteiger partial charge in [0.05, 0.1) is 0 Å². The van der Waals surface area contributed by atoms with Crippen molar-refractivity contribution in [2.24, 2.45) is 4.99 Å². The fourth-order valence-corrected chi connectivity index (χ4v) is 0.987. The number of allylic oxidation sites excluding steroid dienone is 1. The lowest BCUT2D eigenvalue weighted by Crippen LogP contribution is -1.95. The van der Waals surface area contributed by atoms with E-state index in [-0.39, 0.29) is 0 Å². The number of nitrogens with zero attached hydrogens (tertiary/aromatic N) is 1. The van der Waals surface area contributed by atoms with Crippen LogP contribution in [0.3, 0.4) is 0 Å². The third kappa shape index (κ3) is 3.11. The molecule has 0 fully saturated rings. The summed E-state index contributed by atoms with van der Waals surface area (Å²) in [6.45, 7) is 3.86. The number of anilines is 1. The van der Waals surface area contributed by atoms with E-state index in [0.717, 1.165) is 11.5 Å². The molecule has 1 N–H and O–H groups in total. The Morgan fingerprint density at radius 3 is 2.46 bits per heavy atom. The van der Waals surface area contributed by atoms with Gasteiger partial charge in [-0.3, -0.25) is 0 Å². The Hall–Kier alpha value is -1.57. The molecule has 0 aromatic heterocycles. The molecule has 0 aliphatic carbocycles. The van der Waals surface area contributed by atoms with Crippen molar-refractivity contribution in [3.05, 3.63) is 42.2 Å². The number of nitrogens with one attached hydrogen (secondary N) is 1. The maximum Gasteiger partial charge on any atom is 0.125 e. The third-order valence-corrected chi connectivity index (χ3v) is 1.59. The summed E-state index contributed by atoms with van der Waals surface area (Å²) < 4.78 is 0. The summed E-state index contributed by atoms with van der Waals surface area (Å²) in [5.74, 6) is 0.869. The zero-order valence-corrected chi connectivity index (χ0v) is 7.99. The predicted octanol–water partition coefficient (Wildman–Crippen LogP) is 3.05. The van der Waals surface area contributed by atoms with Gasteiger partial charge < -0.3 is 5.32 Å². The molecule has 0 saturated heterocycles. The molecular weight excluding hydrogens is 160 g/mol. The van der Waals surface area contributed by atoms with Crippen LogP contribution in [-0.2, 0) is 0 Å². The van der Waals surface area contributed by atoms with Crippen molar-refractivity contribution >= 4 is 11.9 Å². The van der Waals surface area contributed by atoms with Crippen LogP contribution < -0.4 is 5.32 Å². The van der Waals surface area contributed by atoms with E-state index in [1.807, 2.05) is 50.3 Å². The van der Waals surface area contributed by atoms with Gasteiger partial charge in [0.1, 0.15) is 5.82 Å². The lowest BCUT2D eigenvalue weighted by atomic mass is 10.3. The minimum atomic E-state index is 0.869. The fourth-order valence-electron chi connectivity index (χ4n) is 0.987. The lowest BCUT2D eigenvalue weighted by Gasteiger charge is -2.04. The lowest BCUT2D eigenvalue weighted by molar-refractivity contribution is 1.29. The van der Waals surface area contributed by atoms with E-state index in [1.165, 1.54) is 0 Å². The molecule has 68 valence electrons. The summed E-state index contributed by atoms with van der Waals surface area (Å²) in [6, 6.07) is 9.99. The molecule has 2 nitrogen and oxygen atoms in total. The summed E-state index contributed by atoms with van der Waals surface area (Å²) in [4.78, 5) is 4.16. The molecule has 0 aliphatic rings. The van der Waals surface area contributed by atoms with Gasteiger partial charge in [0.15, 0.2) is 0 Å². The average molecular weight is 174 g/mol. The minimum Gasteiger partial charge on any atom is -0.341 e. The summed E-state index contributed by atoms with van der Waals surface area (Å²) in [5.41, 5.74) is 1.06. The van der Waals surface area contributed by atoms with Gasteiger partial charge in [0.2, 0.25) is 0 Å². The first kappa shape index (κ1) is 9.52. The van der Waals surface area contributed by atoms with Crippen molar-refractivity contribution in [1.29, 1.82) is 0 Å². The predicted molar refractivity (Wildman–Crippen MR) is 58.0 cm³/mol. The second-order valence-electron chi connectivity index (χ2n) is 2.55. The van der Waals surface area contributed by atoms with Crippen molar-refractivity contribution in [2.75, 3.05) is 5.32 Å². The minimum absolute atomic E-state index is 0.869. The second kappa shape index (κ2) is 5.14. The van der Waals surface area contributed by atoms with Crippen LogP contribution >= 0.6 is 0 Å². The van der Waals surface area contributed by atoms with Crippen LogP contribution in [0.15, 0.2) is 47.2 Å². The van der Waals surface area contributed by atoms with Gasteiger partial charge in [-0.2, -0.15) is 0 Å². The van der Waals surface area contributed by atoms with E-state index in [2.05, 4.69) is 10.3 Å². The van der Waals surface area contributed by atoms with Gasteiger partial charge in [-0.15, -0.1) is 0 Å². The average Bonchev–Trinajstić information content (AvgIpc) is 2.19. The summed E-state index contributed by atoms with van der Waals surface area (Å²) >= 11 is 0. The first-order valence-electron chi connectivity index (χ1n) is 4.34. The molecule has 1 aromatic rings. The molecule has 0 saturated carbocycles. The molecule has 13 heavy (non-hydrogen) atoms. The van der Waals surface area contributed by atoms with E-state index >= 15 is 0 Å². The first-order chi connectivity index (χ1) is 6.36. The molecule has 0 bridgehead atoms.